The van der Waals surface area contributed by atoms with Crippen molar-refractivity contribution in [2.24, 2.45) is 0 Å². The monoisotopic (exact) mass is 614 g/mol. The van der Waals surface area contributed by atoms with E-state index in [9.17, 15) is 14.4 Å². The molecule has 1 N–H and O–H groups in total. The van der Waals surface area contributed by atoms with Crippen LogP contribution in [-0.4, -0.2) is 48.3 Å². The van der Waals surface area contributed by atoms with Crippen molar-refractivity contribution in [1.82, 2.24) is 4.90 Å². The van der Waals surface area contributed by atoms with Crippen LogP contribution < -0.4 is 24.3 Å². The summed E-state index contributed by atoms with van der Waals surface area (Å²) in [4.78, 5) is 39.4. The number of thioether (sulfide) groups is 1. The van der Waals surface area contributed by atoms with Crippen molar-refractivity contribution in [2.75, 3.05) is 31.7 Å². The third-order valence-corrected chi connectivity index (χ3v) is 7.37. The molecule has 3 aromatic rings. The Hall–Kier alpha value is -3.86. The zero-order valence-corrected chi connectivity index (χ0v) is 24.1. The van der Waals surface area contributed by atoms with E-state index in [2.05, 4.69) is 5.32 Å². The number of rotatable bonds is 9. The minimum atomic E-state index is -0.588. The molecule has 0 unspecified atom stereocenters. The van der Waals surface area contributed by atoms with Crippen LogP contribution >= 0.6 is 35.0 Å². The Bertz CT molecular complexity index is 1530. The first-order valence-corrected chi connectivity index (χ1v) is 14.2. The van der Waals surface area contributed by atoms with Crippen LogP contribution in [0.5, 0.6) is 23.0 Å². The highest BCUT2D eigenvalue weighted by atomic mass is 35.5. The van der Waals surface area contributed by atoms with Crippen LogP contribution in [0.25, 0.3) is 6.08 Å². The first-order valence-electron chi connectivity index (χ1n) is 12.6. The van der Waals surface area contributed by atoms with Crippen LogP contribution in [0.1, 0.15) is 18.1 Å². The van der Waals surface area contributed by atoms with Gasteiger partial charge in [-0.2, -0.15) is 0 Å². The lowest BCUT2D eigenvalue weighted by Crippen LogP contribution is -2.36. The minimum Gasteiger partial charge on any atom is -0.490 e. The van der Waals surface area contributed by atoms with Crippen molar-refractivity contribution in [3.05, 3.63) is 80.7 Å². The zero-order valence-electron chi connectivity index (χ0n) is 21.8. The van der Waals surface area contributed by atoms with E-state index in [1.54, 1.807) is 42.5 Å². The molecular formula is C29H24Cl2N2O7S. The first kappa shape index (κ1) is 28.7. The average Bonchev–Trinajstić information content (AvgIpc) is 3.20. The Labute approximate surface area is 250 Å². The molecular weight excluding hydrogens is 591 g/mol. The number of carbonyl (C=O) groups excluding carboxylic acids is 3. The standard InChI is InChI=1S/C29H24Cl2N2O7S/c1-2-37-24-12-18(11-21(31)27(24)40-16-17-3-5-19(30)6-4-17)13-25-28(35)33(29(36)41-25)15-26(34)32-20-7-8-22-23(14-20)39-10-9-38-22/h3-8,11-14H,2,9-10,15-16H2,1H3,(H,32,34)/b25-13+. The number of carbonyl (C=O) groups is 3. The van der Waals surface area contributed by atoms with Crippen molar-refractivity contribution in [3.63, 3.8) is 0 Å². The molecule has 0 radical (unpaired) electrons. The summed E-state index contributed by atoms with van der Waals surface area (Å²) in [6, 6.07) is 15.5. The number of amides is 3. The van der Waals surface area contributed by atoms with E-state index in [0.717, 1.165) is 22.2 Å². The summed E-state index contributed by atoms with van der Waals surface area (Å²) >= 11 is 13.2. The van der Waals surface area contributed by atoms with E-state index < -0.39 is 23.6 Å². The fraction of sp³-hybridized carbons (Fsp3) is 0.207. The number of nitrogens with one attached hydrogen (secondary N) is 1. The lowest BCUT2D eigenvalue weighted by atomic mass is 10.1. The molecule has 2 aliphatic rings. The van der Waals surface area contributed by atoms with Gasteiger partial charge in [0, 0.05) is 16.8 Å². The summed E-state index contributed by atoms with van der Waals surface area (Å²) < 4.78 is 22.7. The molecule has 3 aromatic carbocycles. The van der Waals surface area contributed by atoms with Crippen LogP contribution in [0.4, 0.5) is 10.5 Å². The average molecular weight is 615 g/mol. The number of hydrogen-bond acceptors (Lipinski definition) is 8. The second-order valence-corrected chi connectivity index (χ2v) is 10.7. The molecule has 1 fully saturated rings. The van der Waals surface area contributed by atoms with Gasteiger partial charge in [0.15, 0.2) is 23.0 Å². The number of anilines is 1. The Morgan fingerprint density at radius 3 is 2.54 bits per heavy atom. The van der Waals surface area contributed by atoms with E-state index in [0.29, 0.717) is 59.1 Å². The van der Waals surface area contributed by atoms with Crippen molar-refractivity contribution in [2.45, 2.75) is 13.5 Å². The molecule has 5 rings (SSSR count). The summed E-state index contributed by atoms with van der Waals surface area (Å²) in [6.45, 7) is 2.83. The Morgan fingerprint density at radius 2 is 1.78 bits per heavy atom. The third kappa shape index (κ3) is 6.90. The molecule has 0 aliphatic carbocycles. The maximum Gasteiger partial charge on any atom is 0.294 e. The van der Waals surface area contributed by atoms with E-state index in [1.165, 1.54) is 6.08 Å². The highest BCUT2D eigenvalue weighted by molar-refractivity contribution is 8.18. The fourth-order valence-electron chi connectivity index (χ4n) is 4.06. The Morgan fingerprint density at radius 1 is 1.02 bits per heavy atom. The lowest BCUT2D eigenvalue weighted by Gasteiger charge is -2.19. The first-order chi connectivity index (χ1) is 19.8. The summed E-state index contributed by atoms with van der Waals surface area (Å²) in [5, 5.41) is 3.02. The summed E-state index contributed by atoms with van der Waals surface area (Å²) in [5.74, 6) is 0.708. The smallest absolute Gasteiger partial charge is 0.294 e. The van der Waals surface area contributed by atoms with Crippen LogP contribution in [-0.2, 0) is 16.2 Å². The van der Waals surface area contributed by atoms with Gasteiger partial charge in [0.25, 0.3) is 11.1 Å². The Balaban J connectivity index is 1.27. The molecule has 212 valence electrons. The van der Waals surface area contributed by atoms with Crippen molar-refractivity contribution in [1.29, 1.82) is 0 Å². The van der Waals surface area contributed by atoms with Gasteiger partial charge in [0.1, 0.15) is 26.4 Å². The molecule has 3 amide bonds. The second-order valence-electron chi connectivity index (χ2n) is 8.85. The van der Waals surface area contributed by atoms with Gasteiger partial charge in [-0.15, -0.1) is 0 Å². The SMILES string of the molecule is CCOc1cc(/C=C2/SC(=O)N(CC(=O)Nc3ccc4c(c3)OCCO4)C2=O)cc(Cl)c1OCc1ccc(Cl)cc1. The largest absolute Gasteiger partial charge is 0.490 e. The third-order valence-electron chi connectivity index (χ3n) is 5.93. The van der Waals surface area contributed by atoms with Crippen LogP contribution in [0.3, 0.4) is 0 Å². The van der Waals surface area contributed by atoms with Crippen molar-refractivity contribution >= 4 is 63.8 Å². The summed E-state index contributed by atoms with van der Waals surface area (Å²) in [7, 11) is 0. The van der Waals surface area contributed by atoms with Gasteiger partial charge in [-0.25, -0.2) is 0 Å². The number of nitrogens with zero attached hydrogens (tertiary/aromatic N) is 1. The van der Waals surface area contributed by atoms with Crippen molar-refractivity contribution < 1.29 is 33.3 Å². The van der Waals surface area contributed by atoms with Crippen molar-refractivity contribution in [3.8, 4) is 23.0 Å². The topological polar surface area (TPSA) is 103 Å². The van der Waals surface area contributed by atoms with Crippen LogP contribution in [0, 0.1) is 0 Å². The van der Waals surface area contributed by atoms with Gasteiger partial charge in [-0.05, 0) is 72.3 Å². The number of fused-ring (bicyclic) bond motifs is 1. The minimum absolute atomic E-state index is 0.149. The van der Waals surface area contributed by atoms with Gasteiger partial charge in [0.05, 0.1) is 16.5 Å². The molecule has 9 nitrogen and oxygen atoms in total. The van der Waals surface area contributed by atoms with Gasteiger partial charge >= 0.3 is 0 Å². The van der Waals surface area contributed by atoms with E-state index in [1.807, 2.05) is 19.1 Å². The summed E-state index contributed by atoms with van der Waals surface area (Å²) in [5.41, 5.74) is 1.88. The fourth-order valence-corrected chi connectivity index (χ4v) is 5.30. The maximum atomic E-state index is 13.0. The predicted molar refractivity (Wildman–Crippen MR) is 157 cm³/mol. The van der Waals surface area contributed by atoms with Gasteiger partial charge < -0.3 is 24.3 Å². The number of imide groups is 1. The predicted octanol–water partition coefficient (Wildman–Crippen LogP) is 6.42. The molecule has 41 heavy (non-hydrogen) atoms. The van der Waals surface area contributed by atoms with Crippen LogP contribution in [0.2, 0.25) is 10.0 Å². The quantitative estimate of drug-likeness (QED) is 0.275. The molecule has 0 spiro atoms. The molecule has 2 aliphatic heterocycles. The van der Waals surface area contributed by atoms with Crippen LogP contribution in [0.15, 0.2) is 59.5 Å². The maximum absolute atomic E-state index is 13.0. The molecule has 12 heteroatoms. The normalized spacial score (nSPS) is 15.3. The molecule has 0 bridgehead atoms. The number of ether oxygens (including phenoxy) is 4. The van der Waals surface area contributed by atoms with E-state index in [4.69, 9.17) is 42.1 Å². The van der Waals surface area contributed by atoms with Gasteiger partial charge in [-0.1, -0.05) is 35.3 Å². The highest BCUT2D eigenvalue weighted by Crippen LogP contribution is 2.40. The molecule has 1 saturated heterocycles. The van der Waals surface area contributed by atoms with E-state index in [-0.39, 0.29) is 16.5 Å². The lowest BCUT2D eigenvalue weighted by molar-refractivity contribution is -0.127. The molecule has 0 aromatic heterocycles. The number of hydrogen-bond donors (Lipinski definition) is 1. The molecule has 2 heterocycles. The van der Waals surface area contributed by atoms with Gasteiger partial charge in [-0.3, -0.25) is 19.3 Å². The van der Waals surface area contributed by atoms with Gasteiger partial charge in [0.2, 0.25) is 5.91 Å². The van der Waals surface area contributed by atoms with E-state index >= 15 is 0 Å². The second kappa shape index (κ2) is 12.8. The Kier molecular flexibility index (Phi) is 8.92. The number of benzene rings is 3. The molecule has 0 saturated carbocycles. The molecule has 0 atom stereocenters. The zero-order chi connectivity index (χ0) is 28.9. The summed E-state index contributed by atoms with van der Waals surface area (Å²) in [6.07, 6.45) is 1.53. The number of halogens is 2. The highest BCUT2D eigenvalue weighted by Gasteiger charge is 2.36.